The van der Waals surface area contributed by atoms with Gasteiger partial charge in [0, 0.05) is 22.0 Å². The van der Waals surface area contributed by atoms with Crippen LogP contribution in [0.5, 0.6) is 5.75 Å². The summed E-state index contributed by atoms with van der Waals surface area (Å²) >= 11 is 7.80. The molecule has 0 radical (unpaired) electrons. The predicted molar refractivity (Wildman–Crippen MR) is 89.2 cm³/mol. The Morgan fingerprint density at radius 2 is 2.10 bits per heavy atom. The monoisotopic (exact) mass is 315 g/mol. The Hall–Kier alpha value is -1.58. The number of benzene rings is 2. The second-order valence-corrected chi connectivity index (χ2v) is 6.73. The van der Waals surface area contributed by atoms with E-state index in [0.717, 1.165) is 22.9 Å². The summed E-state index contributed by atoms with van der Waals surface area (Å²) in [5.74, 6) is 0.876. The van der Waals surface area contributed by atoms with Crippen molar-refractivity contribution in [2.75, 3.05) is 11.4 Å². The third-order valence-corrected chi connectivity index (χ3v) is 5.34. The molecule has 1 atom stereocenters. The maximum atomic E-state index is 6.36. The highest BCUT2D eigenvalue weighted by molar-refractivity contribution is 8.01. The smallest absolute Gasteiger partial charge is 0.256 e. The Labute approximate surface area is 133 Å². The molecule has 0 fully saturated rings. The molecule has 1 spiro atoms. The molecule has 21 heavy (non-hydrogen) atoms. The molecular formula is C17H14ClNOS. The number of hydrogen-bond acceptors (Lipinski definition) is 3. The molecule has 0 aliphatic carbocycles. The molecule has 2 nitrogen and oxygen atoms in total. The van der Waals surface area contributed by atoms with E-state index in [1.54, 1.807) is 11.8 Å². The van der Waals surface area contributed by atoms with Gasteiger partial charge in [0.05, 0.1) is 5.69 Å². The Morgan fingerprint density at radius 3 is 2.95 bits per heavy atom. The molecule has 0 aromatic heterocycles. The van der Waals surface area contributed by atoms with Crippen molar-refractivity contribution in [2.24, 2.45) is 0 Å². The van der Waals surface area contributed by atoms with E-state index in [2.05, 4.69) is 48.2 Å². The molecule has 106 valence electrons. The largest absolute Gasteiger partial charge is 0.454 e. The van der Waals surface area contributed by atoms with Crippen LogP contribution in [0.1, 0.15) is 12.5 Å². The highest BCUT2D eigenvalue weighted by atomic mass is 35.5. The SMILES string of the molecule is CCN1c2ccccc2SC12C=Cc1cc(Cl)ccc1O2. The number of fused-ring (bicyclic) bond motifs is 2. The first kappa shape index (κ1) is 13.1. The first-order valence-corrected chi connectivity index (χ1v) is 8.15. The normalized spacial score (nSPS) is 22.1. The van der Waals surface area contributed by atoms with Gasteiger partial charge in [0.2, 0.25) is 0 Å². The minimum absolute atomic E-state index is 0.487. The van der Waals surface area contributed by atoms with Gasteiger partial charge in [-0.15, -0.1) is 0 Å². The van der Waals surface area contributed by atoms with Crippen molar-refractivity contribution in [1.29, 1.82) is 0 Å². The molecule has 4 rings (SSSR count). The molecule has 2 aromatic rings. The number of nitrogens with zero attached hydrogens (tertiary/aromatic N) is 1. The molecule has 2 aliphatic rings. The molecular weight excluding hydrogens is 302 g/mol. The molecule has 0 saturated heterocycles. The molecule has 0 bridgehead atoms. The number of halogens is 1. The van der Waals surface area contributed by atoms with E-state index >= 15 is 0 Å². The first-order chi connectivity index (χ1) is 10.2. The van der Waals surface area contributed by atoms with E-state index < -0.39 is 5.06 Å². The summed E-state index contributed by atoms with van der Waals surface area (Å²) in [5.41, 5.74) is 2.26. The van der Waals surface area contributed by atoms with Crippen LogP contribution >= 0.6 is 23.4 Å². The second kappa shape index (κ2) is 4.72. The zero-order chi connectivity index (χ0) is 14.4. The molecule has 1 unspecified atom stereocenters. The summed E-state index contributed by atoms with van der Waals surface area (Å²) in [7, 11) is 0. The summed E-state index contributed by atoms with van der Waals surface area (Å²) < 4.78 is 6.36. The van der Waals surface area contributed by atoms with Gasteiger partial charge in [-0.1, -0.05) is 23.7 Å². The molecule has 4 heteroatoms. The molecule has 2 heterocycles. The van der Waals surface area contributed by atoms with Gasteiger partial charge in [-0.2, -0.15) is 0 Å². The van der Waals surface area contributed by atoms with Crippen LogP contribution in [-0.2, 0) is 0 Å². The number of hydrogen-bond donors (Lipinski definition) is 0. The summed E-state index contributed by atoms with van der Waals surface area (Å²) in [6, 6.07) is 14.2. The van der Waals surface area contributed by atoms with Crippen LogP contribution < -0.4 is 9.64 Å². The minimum atomic E-state index is -0.487. The van der Waals surface area contributed by atoms with E-state index in [1.807, 2.05) is 18.2 Å². The fourth-order valence-electron chi connectivity index (χ4n) is 2.87. The number of rotatable bonds is 1. The summed E-state index contributed by atoms with van der Waals surface area (Å²) in [6.07, 6.45) is 4.23. The van der Waals surface area contributed by atoms with Gasteiger partial charge in [-0.25, -0.2) is 0 Å². The fourth-order valence-corrected chi connectivity index (χ4v) is 4.40. The van der Waals surface area contributed by atoms with Crippen molar-refractivity contribution in [2.45, 2.75) is 16.9 Å². The maximum Gasteiger partial charge on any atom is 0.256 e. The number of anilines is 1. The Balaban J connectivity index is 1.79. The van der Waals surface area contributed by atoms with Crippen LogP contribution in [0.2, 0.25) is 5.02 Å². The highest BCUT2D eigenvalue weighted by Gasteiger charge is 2.46. The highest BCUT2D eigenvalue weighted by Crippen LogP contribution is 2.53. The molecule has 0 amide bonds. The molecule has 2 aromatic carbocycles. The fraction of sp³-hybridized carbons (Fsp3) is 0.176. The average molecular weight is 316 g/mol. The quantitative estimate of drug-likeness (QED) is 0.732. The number of likely N-dealkylation sites (N-methyl/N-ethyl adjacent to an activating group) is 1. The Morgan fingerprint density at radius 1 is 1.24 bits per heavy atom. The lowest BCUT2D eigenvalue weighted by molar-refractivity contribution is 0.210. The third-order valence-electron chi connectivity index (χ3n) is 3.81. The van der Waals surface area contributed by atoms with Crippen molar-refractivity contribution < 1.29 is 4.74 Å². The van der Waals surface area contributed by atoms with Crippen molar-refractivity contribution in [3.8, 4) is 5.75 Å². The van der Waals surface area contributed by atoms with Crippen LogP contribution in [0.3, 0.4) is 0 Å². The van der Waals surface area contributed by atoms with Crippen LogP contribution in [0.25, 0.3) is 6.08 Å². The molecule has 0 N–H and O–H groups in total. The van der Waals surface area contributed by atoms with Crippen molar-refractivity contribution >= 4 is 35.1 Å². The average Bonchev–Trinajstić information content (AvgIpc) is 2.80. The van der Waals surface area contributed by atoms with Crippen molar-refractivity contribution in [3.63, 3.8) is 0 Å². The van der Waals surface area contributed by atoms with Gasteiger partial charge < -0.3 is 9.64 Å². The van der Waals surface area contributed by atoms with Gasteiger partial charge in [-0.05, 0) is 61.2 Å². The van der Waals surface area contributed by atoms with Crippen molar-refractivity contribution in [3.05, 3.63) is 59.1 Å². The molecule has 2 aliphatic heterocycles. The van der Waals surface area contributed by atoms with E-state index in [1.165, 1.54) is 10.6 Å². The summed E-state index contributed by atoms with van der Waals surface area (Å²) in [4.78, 5) is 3.54. The lowest BCUT2D eigenvalue weighted by Crippen LogP contribution is -2.47. The van der Waals surface area contributed by atoms with E-state index in [4.69, 9.17) is 16.3 Å². The van der Waals surface area contributed by atoms with Gasteiger partial charge in [0.15, 0.2) is 0 Å². The van der Waals surface area contributed by atoms with E-state index in [0.29, 0.717) is 0 Å². The van der Waals surface area contributed by atoms with E-state index in [-0.39, 0.29) is 0 Å². The van der Waals surface area contributed by atoms with Crippen LogP contribution in [0.15, 0.2) is 53.4 Å². The topological polar surface area (TPSA) is 12.5 Å². The summed E-state index contributed by atoms with van der Waals surface area (Å²) in [5, 5.41) is 0.242. The Bertz CT molecular complexity index is 745. The maximum absolute atomic E-state index is 6.36. The van der Waals surface area contributed by atoms with Gasteiger partial charge in [0.1, 0.15) is 5.75 Å². The zero-order valence-electron chi connectivity index (χ0n) is 11.5. The minimum Gasteiger partial charge on any atom is -0.454 e. The first-order valence-electron chi connectivity index (χ1n) is 6.95. The number of thioether (sulfide) groups is 1. The lowest BCUT2D eigenvalue weighted by atomic mass is 10.1. The van der Waals surface area contributed by atoms with Gasteiger partial charge >= 0.3 is 0 Å². The predicted octanol–water partition coefficient (Wildman–Crippen LogP) is 5.03. The van der Waals surface area contributed by atoms with Crippen LogP contribution in [-0.4, -0.2) is 11.6 Å². The standard InChI is InChI=1S/C17H14ClNOS/c1-2-19-14-5-3-4-6-16(14)21-17(19)10-9-12-11-13(18)7-8-15(12)20-17/h3-11H,2H2,1H3. The molecule has 0 saturated carbocycles. The number of para-hydroxylation sites is 1. The third kappa shape index (κ3) is 1.95. The Kier molecular flexibility index (Phi) is 2.95. The van der Waals surface area contributed by atoms with Gasteiger partial charge in [0.25, 0.3) is 5.06 Å². The zero-order valence-corrected chi connectivity index (χ0v) is 13.1. The van der Waals surface area contributed by atoms with Crippen LogP contribution in [0.4, 0.5) is 5.69 Å². The lowest BCUT2D eigenvalue weighted by Gasteiger charge is -2.38. The second-order valence-electron chi connectivity index (χ2n) is 5.06. The van der Waals surface area contributed by atoms with Crippen LogP contribution in [0, 0.1) is 0 Å². The van der Waals surface area contributed by atoms with Gasteiger partial charge in [-0.3, -0.25) is 0 Å². The van der Waals surface area contributed by atoms with E-state index in [9.17, 15) is 0 Å². The summed E-state index contributed by atoms with van der Waals surface area (Å²) in [6.45, 7) is 3.04. The number of ether oxygens (including phenoxy) is 1. The van der Waals surface area contributed by atoms with Crippen molar-refractivity contribution in [1.82, 2.24) is 0 Å².